The van der Waals surface area contributed by atoms with Gasteiger partial charge in [0.05, 0.1) is 6.54 Å². The summed E-state index contributed by atoms with van der Waals surface area (Å²) in [4.78, 5) is 26.8. The van der Waals surface area contributed by atoms with E-state index < -0.39 is 0 Å². The summed E-state index contributed by atoms with van der Waals surface area (Å²) in [5.41, 5.74) is 0. The zero-order valence-corrected chi connectivity index (χ0v) is 20.0. The van der Waals surface area contributed by atoms with Gasteiger partial charge in [0.15, 0.2) is 5.96 Å². The Labute approximate surface area is 190 Å². The van der Waals surface area contributed by atoms with Gasteiger partial charge < -0.3 is 20.0 Å². The van der Waals surface area contributed by atoms with Crippen molar-refractivity contribution in [3.8, 4) is 0 Å². The maximum atomic E-state index is 12.5. The van der Waals surface area contributed by atoms with Crippen LogP contribution < -0.4 is 5.32 Å². The fraction of sp³-hybridized carbons (Fsp3) is 0.917. The van der Waals surface area contributed by atoms with Crippen LogP contribution in [0.1, 0.15) is 64.7 Å². The first-order valence-corrected chi connectivity index (χ1v) is 13.0. The van der Waals surface area contributed by atoms with E-state index in [0.29, 0.717) is 12.5 Å². The van der Waals surface area contributed by atoms with Crippen LogP contribution in [0.4, 0.5) is 0 Å². The van der Waals surface area contributed by atoms with E-state index in [9.17, 15) is 4.79 Å². The van der Waals surface area contributed by atoms with Gasteiger partial charge in [0, 0.05) is 52.4 Å². The number of piperazine rings is 1. The molecule has 0 atom stereocenters. The molecule has 0 bridgehead atoms. The minimum absolute atomic E-state index is 0.318. The second-order valence-electron chi connectivity index (χ2n) is 9.40. The van der Waals surface area contributed by atoms with Gasteiger partial charge in [-0.05, 0) is 71.5 Å². The third-order valence-electron chi connectivity index (χ3n) is 6.92. The summed E-state index contributed by atoms with van der Waals surface area (Å²) in [6.45, 7) is 14.1. The molecule has 0 unspecified atom stereocenters. The van der Waals surface area contributed by atoms with Crippen molar-refractivity contribution in [2.24, 2.45) is 4.99 Å². The van der Waals surface area contributed by atoms with Crippen molar-refractivity contribution < 1.29 is 4.79 Å². The zero-order valence-electron chi connectivity index (χ0n) is 20.0. The van der Waals surface area contributed by atoms with Crippen LogP contribution in [0.25, 0.3) is 0 Å². The molecule has 178 valence electrons. The molecular formula is C24H46N6O. The first-order chi connectivity index (χ1) is 15.3. The third kappa shape index (κ3) is 8.60. The average molecular weight is 435 g/mol. The molecule has 1 amide bonds. The molecule has 7 heteroatoms. The number of likely N-dealkylation sites (tertiary alicyclic amines) is 2. The second-order valence-corrected chi connectivity index (χ2v) is 9.40. The van der Waals surface area contributed by atoms with Gasteiger partial charge in [-0.15, -0.1) is 0 Å². The summed E-state index contributed by atoms with van der Waals surface area (Å²) in [5.74, 6) is 1.37. The van der Waals surface area contributed by atoms with Crippen molar-refractivity contribution in [1.82, 2.24) is 24.9 Å². The highest BCUT2D eigenvalue weighted by molar-refractivity contribution is 5.80. The van der Waals surface area contributed by atoms with E-state index in [1.165, 1.54) is 77.4 Å². The Balaban J connectivity index is 1.32. The summed E-state index contributed by atoms with van der Waals surface area (Å²) in [7, 11) is 0. The van der Waals surface area contributed by atoms with Crippen LogP contribution in [-0.2, 0) is 4.79 Å². The summed E-state index contributed by atoms with van der Waals surface area (Å²) in [5, 5.41) is 3.48. The van der Waals surface area contributed by atoms with E-state index in [-0.39, 0.29) is 0 Å². The quantitative estimate of drug-likeness (QED) is 0.343. The van der Waals surface area contributed by atoms with Crippen LogP contribution in [0.2, 0.25) is 0 Å². The van der Waals surface area contributed by atoms with Crippen molar-refractivity contribution in [1.29, 1.82) is 0 Å². The molecule has 3 aliphatic heterocycles. The molecule has 31 heavy (non-hydrogen) atoms. The number of guanidine groups is 1. The number of unbranched alkanes of at least 4 members (excludes halogenated alkanes) is 2. The lowest BCUT2D eigenvalue weighted by atomic mass is 10.1. The number of carbonyl (C=O) groups is 1. The number of amides is 1. The lowest BCUT2D eigenvalue weighted by Crippen LogP contribution is -2.54. The Morgan fingerprint density at radius 1 is 0.742 bits per heavy atom. The molecule has 3 rings (SSSR count). The van der Waals surface area contributed by atoms with Crippen molar-refractivity contribution in [3.63, 3.8) is 0 Å². The van der Waals surface area contributed by atoms with Gasteiger partial charge in [0.1, 0.15) is 0 Å². The Kier molecular flexibility index (Phi) is 10.9. The molecule has 0 radical (unpaired) electrons. The van der Waals surface area contributed by atoms with Gasteiger partial charge >= 0.3 is 0 Å². The largest absolute Gasteiger partial charge is 0.357 e. The number of rotatable bonds is 9. The minimum Gasteiger partial charge on any atom is -0.357 e. The summed E-state index contributed by atoms with van der Waals surface area (Å²) in [6.07, 6.45) is 11.5. The SMILES string of the molecule is CCNC(=NCCCCCN1CCCCC1)N1CCN(CC(=O)N2CCCCC2)CC1. The highest BCUT2D eigenvalue weighted by atomic mass is 16.2. The highest BCUT2D eigenvalue weighted by Crippen LogP contribution is 2.11. The first-order valence-electron chi connectivity index (χ1n) is 13.0. The fourth-order valence-electron chi connectivity index (χ4n) is 4.97. The molecule has 3 saturated heterocycles. The molecule has 0 spiro atoms. The van der Waals surface area contributed by atoms with Gasteiger partial charge in [-0.25, -0.2) is 0 Å². The smallest absolute Gasteiger partial charge is 0.236 e. The topological polar surface area (TPSA) is 54.4 Å². The van der Waals surface area contributed by atoms with Crippen LogP contribution in [0, 0.1) is 0 Å². The van der Waals surface area contributed by atoms with E-state index in [1.54, 1.807) is 0 Å². The molecular weight excluding hydrogens is 388 g/mol. The Bertz CT molecular complexity index is 534. The van der Waals surface area contributed by atoms with Gasteiger partial charge in [-0.2, -0.15) is 0 Å². The molecule has 0 aromatic rings. The van der Waals surface area contributed by atoms with Gasteiger partial charge in [-0.1, -0.05) is 12.8 Å². The van der Waals surface area contributed by atoms with Gasteiger partial charge in [0.25, 0.3) is 0 Å². The summed E-state index contributed by atoms with van der Waals surface area (Å²) in [6, 6.07) is 0. The maximum Gasteiger partial charge on any atom is 0.236 e. The number of nitrogens with zero attached hydrogens (tertiary/aromatic N) is 5. The number of carbonyl (C=O) groups excluding carboxylic acids is 1. The van der Waals surface area contributed by atoms with Gasteiger partial charge in [-0.3, -0.25) is 14.7 Å². The normalized spacial score (nSPS) is 22.0. The number of hydrogen-bond acceptors (Lipinski definition) is 4. The average Bonchev–Trinajstić information content (AvgIpc) is 2.82. The van der Waals surface area contributed by atoms with E-state index >= 15 is 0 Å². The lowest BCUT2D eigenvalue weighted by Gasteiger charge is -2.37. The van der Waals surface area contributed by atoms with Crippen LogP contribution >= 0.6 is 0 Å². The lowest BCUT2D eigenvalue weighted by molar-refractivity contribution is -0.133. The van der Waals surface area contributed by atoms with E-state index in [0.717, 1.165) is 58.3 Å². The molecule has 3 heterocycles. The molecule has 0 aromatic heterocycles. The minimum atomic E-state index is 0.318. The van der Waals surface area contributed by atoms with E-state index in [2.05, 4.69) is 31.8 Å². The van der Waals surface area contributed by atoms with Crippen molar-refractivity contribution in [3.05, 3.63) is 0 Å². The highest BCUT2D eigenvalue weighted by Gasteiger charge is 2.24. The number of hydrogen-bond donors (Lipinski definition) is 1. The predicted molar refractivity (Wildman–Crippen MR) is 129 cm³/mol. The Morgan fingerprint density at radius 3 is 2.10 bits per heavy atom. The number of nitrogens with one attached hydrogen (secondary N) is 1. The molecule has 0 aliphatic carbocycles. The molecule has 3 fully saturated rings. The Morgan fingerprint density at radius 2 is 1.42 bits per heavy atom. The fourth-order valence-corrected chi connectivity index (χ4v) is 4.97. The predicted octanol–water partition coefficient (Wildman–Crippen LogP) is 2.24. The number of piperidine rings is 2. The van der Waals surface area contributed by atoms with E-state index in [1.807, 2.05) is 0 Å². The standard InChI is InChI=1S/C24H46N6O/c1-2-25-24(26-12-6-3-7-13-27-14-8-4-9-15-27)30-20-18-28(19-21-30)22-23(31)29-16-10-5-11-17-29/h2-22H2,1H3,(H,25,26). The van der Waals surface area contributed by atoms with E-state index in [4.69, 9.17) is 4.99 Å². The molecule has 7 nitrogen and oxygen atoms in total. The summed E-state index contributed by atoms with van der Waals surface area (Å²) >= 11 is 0. The molecule has 0 aromatic carbocycles. The van der Waals surface area contributed by atoms with Crippen LogP contribution in [0.3, 0.4) is 0 Å². The zero-order chi connectivity index (χ0) is 21.7. The van der Waals surface area contributed by atoms with Gasteiger partial charge in [0.2, 0.25) is 5.91 Å². The van der Waals surface area contributed by atoms with Crippen molar-refractivity contribution in [2.45, 2.75) is 64.7 Å². The first kappa shape index (κ1) is 24.3. The second kappa shape index (κ2) is 13.9. The molecule has 1 N–H and O–H groups in total. The summed E-state index contributed by atoms with van der Waals surface area (Å²) < 4.78 is 0. The molecule has 0 saturated carbocycles. The van der Waals surface area contributed by atoms with Crippen LogP contribution in [0.5, 0.6) is 0 Å². The van der Waals surface area contributed by atoms with Crippen LogP contribution in [-0.4, -0.2) is 110 Å². The monoisotopic (exact) mass is 434 g/mol. The third-order valence-corrected chi connectivity index (χ3v) is 6.92. The maximum absolute atomic E-state index is 12.5. The Hall–Kier alpha value is -1.34. The van der Waals surface area contributed by atoms with Crippen molar-refractivity contribution >= 4 is 11.9 Å². The number of aliphatic imine (C=N–C) groups is 1. The van der Waals surface area contributed by atoms with Crippen LogP contribution in [0.15, 0.2) is 4.99 Å². The van der Waals surface area contributed by atoms with Crippen molar-refractivity contribution in [2.75, 3.05) is 78.5 Å². The molecule has 3 aliphatic rings.